The molecule has 136 valence electrons. The van der Waals surface area contributed by atoms with Crippen LogP contribution in [0, 0.1) is 5.92 Å². The lowest BCUT2D eigenvalue weighted by Crippen LogP contribution is -2.55. The molecule has 0 aliphatic carbocycles. The molecule has 0 aromatic rings. The molecule has 3 fully saturated rings. The molecule has 0 spiro atoms. The second kappa shape index (κ2) is 6.47. The van der Waals surface area contributed by atoms with Crippen molar-refractivity contribution < 1.29 is 26.8 Å². The summed E-state index contributed by atoms with van der Waals surface area (Å²) >= 11 is 0. The molecule has 3 rings (SSSR count). The van der Waals surface area contributed by atoms with E-state index in [1.165, 1.54) is 4.90 Å². The summed E-state index contributed by atoms with van der Waals surface area (Å²) in [5, 5.41) is 2.52. The highest BCUT2D eigenvalue weighted by Crippen LogP contribution is 2.30. The largest absolute Gasteiger partial charge is 0.418 e. The molecule has 3 saturated heterocycles. The Balaban J connectivity index is 1.64. The highest BCUT2D eigenvalue weighted by Gasteiger charge is 2.49. The SMILES string of the molecule is CC1CCCN(NC(=O)[C@@H]2CC[C@@H]3CN2C(=O)N3OS(=O)(=O)O)C1. The maximum atomic E-state index is 12.5. The van der Waals surface area contributed by atoms with Crippen molar-refractivity contribution in [1.82, 2.24) is 20.4 Å². The summed E-state index contributed by atoms with van der Waals surface area (Å²) in [5.41, 5.74) is 2.86. The van der Waals surface area contributed by atoms with Gasteiger partial charge in [-0.2, -0.15) is 13.5 Å². The van der Waals surface area contributed by atoms with E-state index in [1.807, 2.05) is 5.01 Å². The number of urea groups is 1. The van der Waals surface area contributed by atoms with Gasteiger partial charge in [0, 0.05) is 19.6 Å². The van der Waals surface area contributed by atoms with Crippen LogP contribution in [0.25, 0.3) is 0 Å². The molecule has 0 saturated carbocycles. The van der Waals surface area contributed by atoms with Gasteiger partial charge in [0.05, 0.1) is 6.04 Å². The number of hydroxylamine groups is 2. The van der Waals surface area contributed by atoms with E-state index in [2.05, 4.69) is 16.6 Å². The summed E-state index contributed by atoms with van der Waals surface area (Å²) in [6.07, 6.45) is 2.97. The lowest BCUT2D eigenvalue weighted by atomic mass is 10.00. The number of hydrogen-bond donors (Lipinski definition) is 2. The molecule has 2 bridgehead atoms. The van der Waals surface area contributed by atoms with Crippen LogP contribution < -0.4 is 5.43 Å². The van der Waals surface area contributed by atoms with Crippen LogP contribution in [0.1, 0.15) is 32.6 Å². The summed E-state index contributed by atoms with van der Waals surface area (Å²) < 4.78 is 34.9. The second-order valence-corrected chi connectivity index (χ2v) is 7.68. The number of piperidine rings is 2. The molecule has 0 radical (unpaired) electrons. The third-order valence-corrected chi connectivity index (χ3v) is 5.07. The molecule has 3 atom stereocenters. The first-order chi connectivity index (χ1) is 11.2. The quantitative estimate of drug-likeness (QED) is 0.662. The van der Waals surface area contributed by atoms with E-state index in [0.29, 0.717) is 23.8 Å². The summed E-state index contributed by atoms with van der Waals surface area (Å²) in [6.45, 7) is 3.87. The van der Waals surface area contributed by atoms with Crippen LogP contribution in [0.3, 0.4) is 0 Å². The fourth-order valence-corrected chi connectivity index (χ4v) is 4.01. The van der Waals surface area contributed by atoms with Crippen molar-refractivity contribution in [1.29, 1.82) is 0 Å². The number of nitrogens with one attached hydrogen (secondary N) is 1. The third-order valence-electron chi connectivity index (χ3n) is 4.73. The Labute approximate surface area is 140 Å². The zero-order chi connectivity index (χ0) is 17.5. The Kier molecular flexibility index (Phi) is 4.69. The minimum atomic E-state index is -4.78. The first-order valence-corrected chi connectivity index (χ1v) is 9.43. The summed E-state index contributed by atoms with van der Waals surface area (Å²) in [7, 11) is -4.78. The normalized spacial score (nSPS) is 31.4. The Morgan fingerprint density at radius 3 is 2.71 bits per heavy atom. The molecule has 3 aliphatic heterocycles. The Hall–Kier alpha value is -1.43. The van der Waals surface area contributed by atoms with Gasteiger partial charge in [-0.25, -0.2) is 9.80 Å². The number of rotatable bonds is 4. The van der Waals surface area contributed by atoms with Gasteiger partial charge in [0.2, 0.25) is 0 Å². The van der Waals surface area contributed by atoms with E-state index in [0.717, 1.165) is 25.9 Å². The zero-order valence-electron chi connectivity index (χ0n) is 13.4. The first kappa shape index (κ1) is 17.4. The number of carbonyl (C=O) groups is 2. The zero-order valence-corrected chi connectivity index (χ0v) is 14.2. The van der Waals surface area contributed by atoms with Gasteiger partial charge in [0.25, 0.3) is 5.91 Å². The maximum absolute atomic E-state index is 12.5. The van der Waals surface area contributed by atoms with Crippen molar-refractivity contribution >= 4 is 22.3 Å². The molecule has 3 aliphatic rings. The number of hydrazine groups is 1. The molecule has 11 heteroatoms. The van der Waals surface area contributed by atoms with Crippen molar-refractivity contribution in [2.24, 2.45) is 5.92 Å². The minimum Gasteiger partial charge on any atom is -0.309 e. The molecule has 0 aromatic heterocycles. The predicted molar refractivity (Wildman–Crippen MR) is 81.5 cm³/mol. The Bertz CT molecular complexity index is 626. The molecule has 10 nitrogen and oxygen atoms in total. The minimum absolute atomic E-state index is 0.197. The summed E-state index contributed by atoms with van der Waals surface area (Å²) in [4.78, 5) is 26.1. The van der Waals surface area contributed by atoms with E-state index in [9.17, 15) is 18.0 Å². The van der Waals surface area contributed by atoms with E-state index in [1.54, 1.807) is 0 Å². The van der Waals surface area contributed by atoms with Crippen LogP contribution in [-0.4, -0.2) is 71.6 Å². The predicted octanol–water partition coefficient (Wildman–Crippen LogP) is -0.247. The molecular formula is C13H22N4O6S. The standard InChI is InChI=1S/C13H22N4O6S/c1-9-3-2-6-15(7-9)14-12(18)11-5-4-10-8-16(11)13(19)17(10)23-24(20,21)22/h9-11H,2-8H2,1H3,(H,14,18)(H,20,21,22)/t9?,10-,11+/m1/s1. The summed E-state index contributed by atoms with van der Waals surface area (Å²) in [6, 6.07) is -1.87. The molecule has 3 amide bonds. The number of hydrogen-bond acceptors (Lipinski definition) is 6. The van der Waals surface area contributed by atoms with Crippen molar-refractivity contribution in [2.75, 3.05) is 19.6 Å². The highest BCUT2D eigenvalue weighted by molar-refractivity contribution is 7.80. The van der Waals surface area contributed by atoms with Gasteiger partial charge >= 0.3 is 16.4 Å². The molecule has 24 heavy (non-hydrogen) atoms. The van der Waals surface area contributed by atoms with E-state index >= 15 is 0 Å². The number of carbonyl (C=O) groups excluding carboxylic acids is 2. The van der Waals surface area contributed by atoms with Gasteiger partial charge < -0.3 is 4.90 Å². The lowest BCUT2D eigenvalue weighted by molar-refractivity contribution is -0.131. The topological polar surface area (TPSA) is 119 Å². The van der Waals surface area contributed by atoms with Crippen molar-refractivity contribution in [3.8, 4) is 0 Å². The van der Waals surface area contributed by atoms with Gasteiger partial charge in [-0.05, 0) is 31.6 Å². The van der Waals surface area contributed by atoms with Crippen molar-refractivity contribution in [3.05, 3.63) is 0 Å². The van der Waals surface area contributed by atoms with Gasteiger partial charge in [0.1, 0.15) is 6.04 Å². The van der Waals surface area contributed by atoms with Crippen LogP contribution in [0.5, 0.6) is 0 Å². The van der Waals surface area contributed by atoms with Gasteiger partial charge in [0.15, 0.2) is 0 Å². The average molecular weight is 362 g/mol. The molecule has 2 N–H and O–H groups in total. The van der Waals surface area contributed by atoms with E-state index in [4.69, 9.17) is 4.55 Å². The van der Waals surface area contributed by atoms with Gasteiger partial charge in [-0.1, -0.05) is 6.92 Å². The monoisotopic (exact) mass is 362 g/mol. The van der Waals surface area contributed by atoms with E-state index < -0.39 is 28.5 Å². The van der Waals surface area contributed by atoms with Gasteiger partial charge in [-0.15, -0.1) is 4.28 Å². The molecule has 0 aromatic carbocycles. The van der Waals surface area contributed by atoms with Crippen LogP contribution in [0.2, 0.25) is 0 Å². The van der Waals surface area contributed by atoms with Crippen molar-refractivity contribution in [2.45, 2.75) is 44.7 Å². The van der Waals surface area contributed by atoms with Gasteiger partial charge in [-0.3, -0.25) is 14.8 Å². The molecule has 1 unspecified atom stereocenters. The molecular weight excluding hydrogens is 340 g/mol. The fourth-order valence-electron chi connectivity index (χ4n) is 3.63. The Morgan fingerprint density at radius 1 is 1.29 bits per heavy atom. The van der Waals surface area contributed by atoms with Crippen LogP contribution >= 0.6 is 0 Å². The first-order valence-electron chi connectivity index (χ1n) is 8.07. The third kappa shape index (κ3) is 3.63. The maximum Gasteiger partial charge on any atom is 0.418 e. The fraction of sp³-hybridized carbons (Fsp3) is 0.846. The summed E-state index contributed by atoms with van der Waals surface area (Å²) in [5.74, 6) is 0.228. The number of nitrogens with zero attached hydrogens (tertiary/aromatic N) is 3. The average Bonchev–Trinajstić information content (AvgIpc) is 2.71. The number of fused-ring (bicyclic) bond motifs is 2. The van der Waals surface area contributed by atoms with E-state index in [-0.39, 0.29) is 12.5 Å². The van der Waals surface area contributed by atoms with Crippen LogP contribution in [-0.2, 0) is 19.5 Å². The number of amides is 3. The van der Waals surface area contributed by atoms with Crippen molar-refractivity contribution in [3.63, 3.8) is 0 Å². The van der Waals surface area contributed by atoms with Crippen LogP contribution in [0.4, 0.5) is 4.79 Å². The van der Waals surface area contributed by atoms with Crippen LogP contribution in [0.15, 0.2) is 0 Å². The Morgan fingerprint density at radius 2 is 2.04 bits per heavy atom. The highest BCUT2D eigenvalue weighted by atomic mass is 32.3. The smallest absolute Gasteiger partial charge is 0.309 e. The lowest BCUT2D eigenvalue weighted by Gasteiger charge is -2.34. The molecule has 3 heterocycles. The second-order valence-electron chi connectivity index (χ2n) is 6.68.